The molecule has 3 heteroatoms. The summed E-state index contributed by atoms with van der Waals surface area (Å²) in [6, 6.07) is 9.95. The molecule has 0 amide bonds. The Hall–Kier alpha value is -1.34. The molecule has 1 aromatic rings. The molecule has 0 bridgehead atoms. The second-order valence-corrected chi connectivity index (χ2v) is 3.37. The molecule has 0 atom stereocenters. The molecule has 15 heavy (non-hydrogen) atoms. The molecule has 0 saturated carbocycles. The maximum atomic E-state index is 9.08. The van der Waals surface area contributed by atoms with Crippen LogP contribution in [-0.4, -0.2) is 29.1 Å². The Morgan fingerprint density at radius 2 is 1.93 bits per heavy atom. The predicted octanol–water partition coefficient (Wildman–Crippen LogP) is 0.133. The van der Waals surface area contributed by atoms with Gasteiger partial charge in [-0.2, -0.15) is 0 Å². The van der Waals surface area contributed by atoms with E-state index < -0.39 is 5.79 Å². The summed E-state index contributed by atoms with van der Waals surface area (Å²) in [6.45, 7) is 0.644. The van der Waals surface area contributed by atoms with Crippen LogP contribution in [0.15, 0.2) is 30.3 Å². The summed E-state index contributed by atoms with van der Waals surface area (Å²) in [4.78, 5) is 0. The number of nitrogens with one attached hydrogen (secondary N) is 1. The molecule has 1 rings (SSSR count). The minimum atomic E-state index is -2.04. The highest BCUT2D eigenvalue weighted by atomic mass is 16.5. The first-order chi connectivity index (χ1) is 7.14. The van der Waals surface area contributed by atoms with E-state index in [4.69, 9.17) is 16.6 Å². The quantitative estimate of drug-likeness (QED) is 0.364. The molecule has 0 saturated heterocycles. The fraction of sp³-hybridized carbons (Fsp3) is 0.333. The van der Waals surface area contributed by atoms with Gasteiger partial charge in [-0.15, -0.1) is 6.42 Å². The molecule has 0 aliphatic rings. The van der Waals surface area contributed by atoms with E-state index in [2.05, 4.69) is 5.32 Å². The number of hydrogen-bond donors (Lipinski definition) is 3. The van der Waals surface area contributed by atoms with Crippen molar-refractivity contribution in [3.05, 3.63) is 35.9 Å². The Balaban J connectivity index is 2.21. The molecule has 80 valence electrons. The standard InChI is InChI=1S/C12H15NO2/c1-2-12(14,15)10-13-9-8-11-6-4-3-5-7-11/h1,3-7,13-15H,8-10H2. The van der Waals surface area contributed by atoms with Gasteiger partial charge in [0.25, 0.3) is 0 Å². The molecular formula is C12H15NO2. The fourth-order valence-corrected chi connectivity index (χ4v) is 1.19. The van der Waals surface area contributed by atoms with Crippen molar-refractivity contribution in [2.24, 2.45) is 0 Å². The third-order valence-corrected chi connectivity index (χ3v) is 2.04. The first kappa shape index (κ1) is 11.7. The molecule has 0 aliphatic carbocycles. The van der Waals surface area contributed by atoms with Gasteiger partial charge in [-0.05, 0) is 24.4 Å². The van der Waals surface area contributed by atoms with Crippen molar-refractivity contribution in [1.29, 1.82) is 0 Å². The summed E-state index contributed by atoms with van der Waals surface area (Å²) in [5, 5.41) is 21.0. The third-order valence-electron chi connectivity index (χ3n) is 2.04. The molecule has 3 nitrogen and oxygen atoms in total. The lowest BCUT2D eigenvalue weighted by atomic mass is 10.1. The van der Waals surface area contributed by atoms with Crippen molar-refractivity contribution in [3.63, 3.8) is 0 Å². The van der Waals surface area contributed by atoms with Crippen LogP contribution in [0.5, 0.6) is 0 Å². The maximum absolute atomic E-state index is 9.08. The molecule has 0 fully saturated rings. The highest BCUT2D eigenvalue weighted by molar-refractivity contribution is 5.14. The Kier molecular flexibility index (Phi) is 4.32. The molecule has 0 spiro atoms. The predicted molar refractivity (Wildman–Crippen MR) is 59.0 cm³/mol. The number of benzene rings is 1. The fourth-order valence-electron chi connectivity index (χ4n) is 1.19. The largest absolute Gasteiger partial charge is 0.355 e. The van der Waals surface area contributed by atoms with Gasteiger partial charge in [-0.3, -0.25) is 0 Å². The second kappa shape index (κ2) is 5.52. The molecule has 3 N–H and O–H groups in total. The van der Waals surface area contributed by atoms with Crippen LogP contribution in [0.3, 0.4) is 0 Å². The van der Waals surface area contributed by atoms with Gasteiger partial charge < -0.3 is 15.5 Å². The zero-order valence-electron chi connectivity index (χ0n) is 8.48. The van der Waals surface area contributed by atoms with Crippen LogP contribution in [0.4, 0.5) is 0 Å². The summed E-state index contributed by atoms with van der Waals surface area (Å²) < 4.78 is 0. The van der Waals surface area contributed by atoms with Crippen molar-refractivity contribution in [1.82, 2.24) is 5.32 Å². The third kappa shape index (κ3) is 4.61. The number of terminal acetylenes is 1. The van der Waals surface area contributed by atoms with Crippen LogP contribution >= 0.6 is 0 Å². The Morgan fingerprint density at radius 1 is 1.27 bits per heavy atom. The summed E-state index contributed by atoms with van der Waals surface area (Å²) in [5.74, 6) is -0.156. The van der Waals surface area contributed by atoms with Gasteiger partial charge in [0.1, 0.15) is 0 Å². The second-order valence-electron chi connectivity index (χ2n) is 3.37. The van der Waals surface area contributed by atoms with E-state index in [0.29, 0.717) is 6.54 Å². The van der Waals surface area contributed by atoms with Gasteiger partial charge in [0.15, 0.2) is 0 Å². The molecule has 0 aromatic heterocycles. The smallest absolute Gasteiger partial charge is 0.241 e. The lowest BCUT2D eigenvalue weighted by Crippen LogP contribution is -2.39. The molecule has 0 radical (unpaired) electrons. The average Bonchev–Trinajstić information content (AvgIpc) is 2.26. The van der Waals surface area contributed by atoms with Crippen LogP contribution in [0, 0.1) is 12.3 Å². The Morgan fingerprint density at radius 3 is 2.53 bits per heavy atom. The molecule has 0 unspecified atom stereocenters. The van der Waals surface area contributed by atoms with Crippen molar-refractivity contribution in [2.45, 2.75) is 12.2 Å². The van der Waals surface area contributed by atoms with Crippen LogP contribution in [0.1, 0.15) is 5.56 Å². The maximum Gasteiger partial charge on any atom is 0.241 e. The minimum Gasteiger partial charge on any atom is -0.355 e. The Bertz CT molecular complexity index is 327. The van der Waals surface area contributed by atoms with Crippen LogP contribution in [0.25, 0.3) is 0 Å². The van der Waals surface area contributed by atoms with E-state index in [0.717, 1.165) is 6.42 Å². The van der Waals surface area contributed by atoms with E-state index in [1.807, 2.05) is 36.3 Å². The highest BCUT2D eigenvalue weighted by Crippen LogP contribution is 1.99. The number of hydrogen-bond acceptors (Lipinski definition) is 3. The summed E-state index contributed by atoms with van der Waals surface area (Å²) >= 11 is 0. The van der Waals surface area contributed by atoms with Gasteiger partial charge >= 0.3 is 0 Å². The SMILES string of the molecule is C#CC(O)(O)CNCCc1ccccc1. The first-order valence-corrected chi connectivity index (χ1v) is 4.81. The summed E-state index contributed by atoms with van der Waals surface area (Å²) in [5.41, 5.74) is 1.20. The lowest BCUT2D eigenvalue weighted by molar-refractivity contribution is -0.105. The zero-order chi connectivity index (χ0) is 11.1. The number of aliphatic hydroxyl groups is 2. The van der Waals surface area contributed by atoms with Crippen LogP contribution < -0.4 is 5.32 Å². The van der Waals surface area contributed by atoms with Gasteiger partial charge in [0, 0.05) is 0 Å². The average molecular weight is 205 g/mol. The lowest BCUT2D eigenvalue weighted by Gasteiger charge is -2.15. The molecule has 0 aliphatic heterocycles. The van der Waals surface area contributed by atoms with E-state index >= 15 is 0 Å². The van der Waals surface area contributed by atoms with Crippen molar-refractivity contribution >= 4 is 0 Å². The van der Waals surface area contributed by atoms with Gasteiger partial charge in [-0.1, -0.05) is 30.3 Å². The minimum absolute atomic E-state index is 0.0175. The summed E-state index contributed by atoms with van der Waals surface area (Å²) in [6.07, 6.45) is 5.74. The van der Waals surface area contributed by atoms with Crippen LogP contribution in [-0.2, 0) is 6.42 Å². The molecule has 1 aromatic carbocycles. The van der Waals surface area contributed by atoms with Crippen molar-refractivity contribution in [3.8, 4) is 12.3 Å². The summed E-state index contributed by atoms with van der Waals surface area (Å²) in [7, 11) is 0. The normalized spacial score (nSPS) is 11.0. The van der Waals surface area contributed by atoms with Crippen molar-refractivity contribution in [2.75, 3.05) is 13.1 Å². The van der Waals surface area contributed by atoms with E-state index in [9.17, 15) is 0 Å². The number of rotatable bonds is 5. The van der Waals surface area contributed by atoms with Gasteiger partial charge in [0.05, 0.1) is 6.54 Å². The first-order valence-electron chi connectivity index (χ1n) is 4.81. The monoisotopic (exact) mass is 205 g/mol. The Labute approximate surface area is 89.8 Å². The van der Waals surface area contributed by atoms with Crippen LogP contribution in [0.2, 0.25) is 0 Å². The van der Waals surface area contributed by atoms with Gasteiger partial charge in [0.2, 0.25) is 5.79 Å². The highest BCUT2D eigenvalue weighted by Gasteiger charge is 2.17. The topological polar surface area (TPSA) is 52.5 Å². The molecule has 0 heterocycles. The van der Waals surface area contributed by atoms with Gasteiger partial charge in [-0.25, -0.2) is 0 Å². The van der Waals surface area contributed by atoms with E-state index in [1.165, 1.54) is 5.56 Å². The zero-order valence-corrected chi connectivity index (χ0v) is 8.48. The van der Waals surface area contributed by atoms with E-state index in [-0.39, 0.29) is 6.54 Å². The molecular weight excluding hydrogens is 190 g/mol. The van der Waals surface area contributed by atoms with Crippen molar-refractivity contribution < 1.29 is 10.2 Å². The van der Waals surface area contributed by atoms with E-state index in [1.54, 1.807) is 0 Å².